The summed E-state index contributed by atoms with van der Waals surface area (Å²) in [4.78, 5) is 0. The Hall–Kier alpha value is -1.80. The first-order valence-electron chi connectivity index (χ1n) is 7.65. The quantitative estimate of drug-likeness (QED) is 0.925. The number of aryl methyl sites for hydroxylation is 2. The van der Waals surface area contributed by atoms with Crippen LogP contribution in [0.4, 0.5) is 0 Å². The van der Waals surface area contributed by atoms with Crippen molar-refractivity contribution in [1.82, 2.24) is 5.32 Å². The summed E-state index contributed by atoms with van der Waals surface area (Å²) in [5, 5.41) is 3.67. The van der Waals surface area contributed by atoms with Gasteiger partial charge in [-0.25, -0.2) is 0 Å². The maximum absolute atomic E-state index is 5.53. The van der Waals surface area contributed by atoms with E-state index in [4.69, 9.17) is 4.74 Å². The van der Waals surface area contributed by atoms with Crippen LogP contribution in [0.3, 0.4) is 0 Å². The van der Waals surface area contributed by atoms with Gasteiger partial charge >= 0.3 is 0 Å². The summed E-state index contributed by atoms with van der Waals surface area (Å²) < 4.78 is 5.53. The zero-order valence-electron chi connectivity index (χ0n) is 13.1. The highest BCUT2D eigenvalue weighted by Gasteiger charge is 2.23. The van der Waals surface area contributed by atoms with Gasteiger partial charge in [-0.2, -0.15) is 0 Å². The molecular formula is C19H23NO. The van der Waals surface area contributed by atoms with Crippen LogP contribution in [0, 0.1) is 13.8 Å². The number of benzene rings is 2. The molecule has 0 aromatic heterocycles. The second-order valence-electron chi connectivity index (χ2n) is 5.86. The molecule has 1 aliphatic rings. The smallest absolute Gasteiger partial charge is 0.122 e. The Bertz CT molecular complexity index is 628. The Morgan fingerprint density at radius 1 is 1.10 bits per heavy atom. The third-order valence-corrected chi connectivity index (χ3v) is 4.58. The molecule has 2 nitrogen and oxygen atoms in total. The minimum absolute atomic E-state index is 0.378. The highest BCUT2D eigenvalue weighted by molar-refractivity contribution is 5.45. The molecule has 21 heavy (non-hydrogen) atoms. The van der Waals surface area contributed by atoms with E-state index in [2.05, 4.69) is 55.6 Å². The van der Waals surface area contributed by atoms with Crippen LogP contribution in [0.2, 0.25) is 0 Å². The Balaban J connectivity index is 1.96. The van der Waals surface area contributed by atoms with Crippen molar-refractivity contribution in [3.8, 4) is 5.75 Å². The van der Waals surface area contributed by atoms with Crippen LogP contribution in [0.15, 0.2) is 36.4 Å². The van der Waals surface area contributed by atoms with Gasteiger partial charge < -0.3 is 10.1 Å². The minimum Gasteiger partial charge on any atom is -0.496 e. The van der Waals surface area contributed by atoms with Crippen molar-refractivity contribution in [3.05, 3.63) is 64.2 Å². The number of hydrogen-bond acceptors (Lipinski definition) is 2. The lowest BCUT2D eigenvalue weighted by Crippen LogP contribution is -2.31. The molecule has 1 heterocycles. The number of nitrogens with one attached hydrogen (secondary N) is 1. The van der Waals surface area contributed by atoms with E-state index in [0.29, 0.717) is 6.04 Å². The summed E-state index contributed by atoms with van der Waals surface area (Å²) >= 11 is 0. The molecule has 2 aromatic carbocycles. The molecule has 0 saturated carbocycles. The van der Waals surface area contributed by atoms with Gasteiger partial charge in [-0.3, -0.25) is 0 Å². The predicted octanol–water partition coefficient (Wildman–Crippen LogP) is 3.74. The average molecular weight is 281 g/mol. The van der Waals surface area contributed by atoms with E-state index in [9.17, 15) is 0 Å². The second kappa shape index (κ2) is 5.90. The Morgan fingerprint density at radius 3 is 2.52 bits per heavy atom. The highest BCUT2D eigenvalue weighted by atomic mass is 16.5. The third kappa shape index (κ3) is 2.68. The molecule has 0 spiro atoms. The van der Waals surface area contributed by atoms with Crippen LogP contribution in [-0.2, 0) is 12.8 Å². The van der Waals surface area contributed by atoms with Crippen molar-refractivity contribution >= 4 is 0 Å². The number of hydrogen-bond donors (Lipinski definition) is 1. The SMILES string of the molecule is COc1cccc2c1CCNC2Cc1c(C)cccc1C. The monoisotopic (exact) mass is 281 g/mol. The molecule has 0 saturated heterocycles. The van der Waals surface area contributed by atoms with Gasteiger partial charge in [0.15, 0.2) is 0 Å². The molecule has 2 aromatic rings. The Kier molecular flexibility index (Phi) is 3.98. The minimum atomic E-state index is 0.378. The molecule has 0 amide bonds. The van der Waals surface area contributed by atoms with Crippen LogP contribution in [0.5, 0.6) is 5.75 Å². The zero-order valence-corrected chi connectivity index (χ0v) is 13.1. The van der Waals surface area contributed by atoms with E-state index < -0.39 is 0 Å². The van der Waals surface area contributed by atoms with Gasteiger partial charge in [0.2, 0.25) is 0 Å². The summed E-state index contributed by atoms with van der Waals surface area (Å²) in [6.45, 7) is 5.43. The van der Waals surface area contributed by atoms with Gasteiger partial charge in [-0.05, 0) is 61.6 Å². The van der Waals surface area contributed by atoms with Crippen LogP contribution >= 0.6 is 0 Å². The molecule has 1 unspecified atom stereocenters. The van der Waals surface area contributed by atoms with E-state index in [1.807, 2.05) is 0 Å². The standard InChI is InChI=1S/C19H23NO/c1-13-6-4-7-14(2)17(13)12-18-15-8-5-9-19(21-3)16(15)10-11-20-18/h4-9,18,20H,10-12H2,1-3H3. The van der Waals surface area contributed by atoms with Crippen molar-refractivity contribution < 1.29 is 4.74 Å². The van der Waals surface area contributed by atoms with Crippen molar-refractivity contribution in [2.75, 3.05) is 13.7 Å². The lowest BCUT2D eigenvalue weighted by Gasteiger charge is -2.29. The van der Waals surface area contributed by atoms with Crippen molar-refractivity contribution in [2.45, 2.75) is 32.7 Å². The van der Waals surface area contributed by atoms with Crippen LogP contribution in [0.1, 0.15) is 33.9 Å². The molecule has 110 valence electrons. The summed E-state index contributed by atoms with van der Waals surface area (Å²) in [5.74, 6) is 1.03. The first kappa shape index (κ1) is 14.2. The average Bonchev–Trinajstić information content (AvgIpc) is 2.50. The molecule has 2 heteroatoms. The lowest BCUT2D eigenvalue weighted by atomic mass is 9.87. The summed E-state index contributed by atoms with van der Waals surface area (Å²) in [6, 6.07) is 13.3. The number of fused-ring (bicyclic) bond motifs is 1. The second-order valence-corrected chi connectivity index (χ2v) is 5.86. The predicted molar refractivity (Wildman–Crippen MR) is 87.1 cm³/mol. The summed E-state index contributed by atoms with van der Waals surface area (Å²) in [7, 11) is 1.76. The lowest BCUT2D eigenvalue weighted by molar-refractivity contribution is 0.400. The van der Waals surface area contributed by atoms with Gasteiger partial charge in [0, 0.05) is 11.6 Å². The summed E-state index contributed by atoms with van der Waals surface area (Å²) in [5.41, 5.74) is 6.99. The van der Waals surface area contributed by atoms with Gasteiger partial charge in [0.1, 0.15) is 5.75 Å². The highest BCUT2D eigenvalue weighted by Crippen LogP contribution is 2.33. The molecule has 0 aliphatic carbocycles. The topological polar surface area (TPSA) is 21.3 Å². The van der Waals surface area contributed by atoms with Crippen LogP contribution in [0.25, 0.3) is 0 Å². The molecule has 0 radical (unpaired) electrons. The Labute approximate surface area is 127 Å². The van der Waals surface area contributed by atoms with Crippen molar-refractivity contribution in [3.63, 3.8) is 0 Å². The van der Waals surface area contributed by atoms with Crippen LogP contribution < -0.4 is 10.1 Å². The maximum atomic E-state index is 5.53. The number of methoxy groups -OCH3 is 1. The van der Waals surface area contributed by atoms with Crippen molar-refractivity contribution in [1.29, 1.82) is 0 Å². The van der Waals surface area contributed by atoms with Gasteiger partial charge in [0.25, 0.3) is 0 Å². The molecule has 1 N–H and O–H groups in total. The van der Waals surface area contributed by atoms with Crippen molar-refractivity contribution in [2.24, 2.45) is 0 Å². The fraction of sp³-hybridized carbons (Fsp3) is 0.368. The Morgan fingerprint density at radius 2 is 1.81 bits per heavy atom. The van der Waals surface area contributed by atoms with Gasteiger partial charge in [-0.15, -0.1) is 0 Å². The van der Waals surface area contributed by atoms with E-state index in [0.717, 1.165) is 25.1 Å². The molecule has 0 fully saturated rings. The maximum Gasteiger partial charge on any atom is 0.122 e. The van der Waals surface area contributed by atoms with E-state index >= 15 is 0 Å². The summed E-state index contributed by atoms with van der Waals surface area (Å²) in [6.07, 6.45) is 2.08. The van der Waals surface area contributed by atoms with E-state index in [1.165, 1.54) is 27.8 Å². The zero-order chi connectivity index (χ0) is 14.8. The largest absolute Gasteiger partial charge is 0.496 e. The fourth-order valence-electron chi connectivity index (χ4n) is 3.41. The molecule has 1 aliphatic heterocycles. The first-order chi connectivity index (χ1) is 10.2. The third-order valence-electron chi connectivity index (χ3n) is 4.58. The molecular weight excluding hydrogens is 258 g/mol. The molecule has 0 bridgehead atoms. The normalized spacial score (nSPS) is 17.4. The number of ether oxygens (including phenoxy) is 1. The first-order valence-corrected chi connectivity index (χ1v) is 7.65. The fourth-order valence-corrected chi connectivity index (χ4v) is 3.41. The van der Waals surface area contributed by atoms with Crippen LogP contribution in [-0.4, -0.2) is 13.7 Å². The van der Waals surface area contributed by atoms with Gasteiger partial charge in [-0.1, -0.05) is 30.3 Å². The molecule has 1 atom stereocenters. The van der Waals surface area contributed by atoms with Gasteiger partial charge in [0.05, 0.1) is 7.11 Å². The number of rotatable bonds is 3. The van der Waals surface area contributed by atoms with E-state index in [-0.39, 0.29) is 0 Å². The molecule has 3 rings (SSSR count). The van der Waals surface area contributed by atoms with E-state index in [1.54, 1.807) is 7.11 Å².